The van der Waals surface area contributed by atoms with Crippen LogP contribution in [0.4, 0.5) is 0 Å². The van der Waals surface area contributed by atoms with Crippen LogP contribution in [-0.2, 0) is 14.3 Å². The zero-order valence-electron chi connectivity index (χ0n) is 13.3. The monoisotopic (exact) mass is 296 g/mol. The Bertz CT molecular complexity index is 361. The molecule has 3 N–H and O–H groups in total. The average molecular weight is 296 g/mol. The number of ether oxygens (including phenoxy) is 2. The Kier molecular flexibility index (Phi) is 11.5. The summed E-state index contributed by atoms with van der Waals surface area (Å²) in [5, 5.41) is 3.13. The van der Waals surface area contributed by atoms with Gasteiger partial charge in [0.2, 0.25) is 5.91 Å². The molecule has 1 amide bonds. The molecule has 0 spiro atoms. The van der Waals surface area contributed by atoms with Gasteiger partial charge in [-0.3, -0.25) is 4.79 Å². The predicted octanol–water partition coefficient (Wildman–Crippen LogP) is 1.77. The lowest BCUT2D eigenvalue weighted by atomic mass is 9.98. The first kappa shape index (κ1) is 19.6. The van der Waals surface area contributed by atoms with Crippen molar-refractivity contribution in [1.29, 1.82) is 0 Å². The Morgan fingerprint density at radius 2 is 2.00 bits per heavy atom. The zero-order chi connectivity index (χ0) is 16.1. The van der Waals surface area contributed by atoms with Crippen LogP contribution in [0, 0.1) is 5.92 Å². The van der Waals surface area contributed by atoms with Gasteiger partial charge in [-0.05, 0) is 32.9 Å². The molecule has 0 aliphatic carbocycles. The first-order valence-corrected chi connectivity index (χ1v) is 7.09. The summed E-state index contributed by atoms with van der Waals surface area (Å²) < 4.78 is 10.7. The van der Waals surface area contributed by atoms with Crippen LogP contribution in [0.2, 0.25) is 0 Å². The van der Waals surface area contributed by atoms with E-state index in [1.807, 2.05) is 13.1 Å². The maximum atomic E-state index is 11.2. The summed E-state index contributed by atoms with van der Waals surface area (Å²) in [6, 6.07) is 0. The van der Waals surface area contributed by atoms with E-state index in [2.05, 4.69) is 11.9 Å². The van der Waals surface area contributed by atoms with E-state index in [9.17, 15) is 4.79 Å². The standard InChI is InChI=1S/C16H28N2O3/c1-5-8-13(15(17)19)9-6-7-10-14(11-12-18-2)16(20-3)21-4/h5-6,8-9,14,16,18H,1,7,10-12H2,2-4H3,(H2,17,19)/b9-6-,13-8+. The minimum absolute atomic E-state index is 0.217. The molecule has 5 heteroatoms. The number of allylic oxidation sites excluding steroid dienone is 3. The van der Waals surface area contributed by atoms with Crippen molar-refractivity contribution in [3.8, 4) is 0 Å². The molecule has 120 valence electrons. The average Bonchev–Trinajstić information content (AvgIpc) is 2.47. The minimum Gasteiger partial charge on any atom is -0.366 e. The highest BCUT2D eigenvalue weighted by atomic mass is 16.7. The molecule has 0 bridgehead atoms. The maximum absolute atomic E-state index is 11.2. The van der Waals surface area contributed by atoms with Crippen molar-refractivity contribution >= 4 is 5.91 Å². The lowest BCUT2D eigenvalue weighted by molar-refractivity contribution is -0.139. The van der Waals surface area contributed by atoms with Crippen LogP contribution in [0.5, 0.6) is 0 Å². The summed E-state index contributed by atoms with van der Waals surface area (Å²) >= 11 is 0. The first-order valence-electron chi connectivity index (χ1n) is 7.09. The fourth-order valence-corrected chi connectivity index (χ4v) is 2.09. The number of rotatable bonds is 12. The second-order valence-corrected chi connectivity index (χ2v) is 4.69. The van der Waals surface area contributed by atoms with E-state index in [1.165, 1.54) is 0 Å². The zero-order valence-corrected chi connectivity index (χ0v) is 13.3. The van der Waals surface area contributed by atoms with E-state index >= 15 is 0 Å². The van der Waals surface area contributed by atoms with E-state index in [4.69, 9.17) is 15.2 Å². The molecule has 0 heterocycles. The van der Waals surface area contributed by atoms with Gasteiger partial charge in [-0.15, -0.1) is 0 Å². The fraction of sp³-hybridized carbons (Fsp3) is 0.562. The highest BCUT2D eigenvalue weighted by Crippen LogP contribution is 2.19. The summed E-state index contributed by atoms with van der Waals surface area (Å²) in [5.41, 5.74) is 5.72. The highest BCUT2D eigenvalue weighted by Gasteiger charge is 2.19. The van der Waals surface area contributed by atoms with E-state index in [-0.39, 0.29) is 12.2 Å². The van der Waals surface area contributed by atoms with Crippen LogP contribution in [0.3, 0.4) is 0 Å². The quantitative estimate of drug-likeness (QED) is 0.327. The molecule has 0 rings (SSSR count). The number of primary amides is 1. The molecule has 0 aliphatic heterocycles. The van der Waals surface area contributed by atoms with Gasteiger partial charge in [0, 0.05) is 25.7 Å². The minimum atomic E-state index is -0.454. The number of amides is 1. The van der Waals surface area contributed by atoms with Gasteiger partial charge >= 0.3 is 0 Å². The number of carbonyl (C=O) groups is 1. The lowest BCUT2D eigenvalue weighted by Crippen LogP contribution is -2.27. The van der Waals surface area contributed by atoms with Crippen molar-refractivity contribution in [3.63, 3.8) is 0 Å². The van der Waals surface area contributed by atoms with Gasteiger partial charge in [-0.1, -0.05) is 30.9 Å². The Labute approximate surface area is 127 Å². The van der Waals surface area contributed by atoms with Crippen LogP contribution in [0.25, 0.3) is 0 Å². The number of nitrogens with two attached hydrogens (primary N) is 1. The molecule has 21 heavy (non-hydrogen) atoms. The molecule has 5 nitrogen and oxygen atoms in total. The summed E-state index contributed by atoms with van der Waals surface area (Å²) in [4.78, 5) is 11.2. The lowest BCUT2D eigenvalue weighted by Gasteiger charge is -2.24. The van der Waals surface area contributed by atoms with Crippen molar-refractivity contribution in [1.82, 2.24) is 5.32 Å². The van der Waals surface area contributed by atoms with Gasteiger partial charge in [0.15, 0.2) is 6.29 Å². The number of hydrogen-bond acceptors (Lipinski definition) is 4. The van der Waals surface area contributed by atoms with Gasteiger partial charge in [0.05, 0.1) is 0 Å². The molecule has 0 aromatic carbocycles. The van der Waals surface area contributed by atoms with Crippen molar-refractivity contribution in [2.24, 2.45) is 11.7 Å². The Morgan fingerprint density at radius 3 is 2.48 bits per heavy atom. The van der Waals surface area contributed by atoms with E-state index in [0.29, 0.717) is 5.57 Å². The predicted molar refractivity (Wildman–Crippen MR) is 85.7 cm³/mol. The number of nitrogens with one attached hydrogen (secondary N) is 1. The maximum Gasteiger partial charge on any atom is 0.248 e. The van der Waals surface area contributed by atoms with Crippen LogP contribution >= 0.6 is 0 Å². The second-order valence-electron chi connectivity index (χ2n) is 4.69. The van der Waals surface area contributed by atoms with Crippen molar-refractivity contribution in [2.75, 3.05) is 27.8 Å². The molecular formula is C16H28N2O3. The van der Waals surface area contributed by atoms with Crippen LogP contribution < -0.4 is 11.1 Å². The molecule has 0 radical (unpaired) electrons. The molecule has 0 saturated heterocycles. The molecule has 0 aromatic heterocycles. The van der Waals surface area contributed by atoms with Crippen LogP contribution in [0.1, 0.15) is 19.3 Å². The van der Waals surface area contributed by atoms with Gasteiger partial charge < -0.3 is 20.5 Å². The molecule has 0 aliphatic rings. The number of hydrogen-bond donors (Lipinski definition) is 2. The van der Waals surface area contributed by atoms with Crippen molar-refractivity contribution in [2.45, 2.75) is 25.6 Å². The van der Waals surface area contributed by atoms with E-state index < -0.39 is 5.91 Å². The molecular weight excluding hydrogens is 268 g/mol. The third kappa shape index (κ3) is 8.45. The van der Waals surface area contributed by atoms with Gasteiger partial charge in [0.1, 0.15) is 0 Å². The number of methoxy groups -OCH3 is 2. The first-order chi connectivity index (χ1) is 10.1. The summed E-state index contributed by atoms with van der Waals surface area (Å²) in [5.74, 6) is -0.165. The molecule has 0 saturated carbocycles. The van der Waals surface area contributed by atoms with Crippen molar-refractivity contribution in [3.05, 3.63) is 36.5 Å². The fourth-order valence-electron chi connectivity index (χ4n) is 2.09. The van der Waals surface area contributed by atoms with Crippen molar-refractivity contribution < 1.29 is 14.3 Å². The molecule has 0 fully saturated rings. The van der Waals surface area contributed by atoms with Gasteiger partial charge in [-0.25, -0.2) is 0 Å². The summed E-state index contributed by atoms with van der Waals surface area (Å²) in [7, 11) is 5.22. The molecule has 1 unspecified atom stereocenters. The second kappa shape index (κ2) is 12.3. The Hall–Kier alpha value is -1.43. The molecule has 1 atom stereocenters. The van der Waals surface area contributed by atoms with Crippen LogP contribution in [0.15, 0.2) is 36.5 Å². The SMILES string of the molecule is C=C/C=C(\C=C/CCC(CCNC)C(OC)OC)C(N)=O. The van der Waals surface area contributed by atoms with Gasteiger partial charge in [-0.2, -0.15) is 0 Å². The third-order valence-corrected chi connectivity index (χ3v) is 3.20. The van der Waals surface area contributed by atoms with Crippen LogP contribution in [-0.4, -0.2) is 40.0 Å². The van der Waals surface area contributed by atoms with E-state index in [1.54, 1.807) is 32.4 Å². The smallest absolute Gasteiger partial charge is 0.248 e. The summed E-state index contributed by atoms with van der Waals surface area (Å²) in [6.07, 6.45) is 9.29. The summed E-state index contributed by atoms with van der Waals surface area (Å²) in [6.45, 7) is 4.46. The topological polar surface area (TPSA) is 73.6 Å². The van der Waals surface area contributed by atoms with Gasteiger partial charge in [0.25, 0.3) is 0 Å². The Balaban J connectivity index is 4.50. The van der Waals surface area contributed by atoms with E-state index in [0.717, 1.165) is 25.8 Å². The molecule has 0 aromatic rings. The largest absolute Gasteiger partial charge is 0.366 e. The normalized spacial score (nSPS) is 13.8. The third-order valence-electron chi connectivity index (χ3n) is 3.20. The highest BCUT2D eigenvalue weighted by molar-refractivity contribution is 5.95. The number of carbonyl (C=O) groups excluding carboxylic acids is 1. The Morgan fingerprint density at radius 1 is 1.33 bits per heavy atom.